The maximum absolute atomic E-state index is 12.3. The number of anilines is 1. The van der Waals surface area contributed by atoms with Crippen LogP contribution in [0.1, 0.15) is 46.2 Å². The Labute approximate surface area is 219 Å². The fraction of sp³-hybridized carbons (Fsp3) is 0.310. The van der Waals surface area contributed by atoms with Crippen LogP contribution < -0.4 is 14.9 Å². The zero-order valence-electron chi connectivity index (χ0n) is 21.2. The minimum absolute atomic E-state index is 0.191. The van der Waals surface area contributed by atoms with Crippen LogP contribution in [-0.4, -0.2) is 41.6 Å². The number of hydrogen-bond acceptors (Lipinski definition) is 7. The van der Waals surface area contributed by atoms with E-state index in [1.54, 1.807) is 13.3 Å². The van der Waals surface area contributed by atoms with Crippen LogP contribution >= 0.6 is 0 Å². The number of nitrogens with zero attached hydrogens (tertiary/aromatic N) is 1. The van der Waals surface area contributed by atoms with Gasteiger partial charge in [0.1, 0.15) is 17.2 Å². The summed E-state index contributed by atoms with van der Waals surface area (Å²) < 4.78 is 28.7. The van der Waals surface area contributed by atoms with E-state index >= 15 is 0 Å². The van der Waals surface area contributed by atoms with Crippen LogP contribution in [0.2, 0.25) is 0 Å². The molecule has 1 fully saturated rings. The minimum atomic E-state index is -0.783. The summed E-state index contributed by atoms with van der Waals surface area (Å²) in [5, 5.41) is 4.54. The van der Waals surface area contributed by atoms with E-state index in [2.05, 4.69) is 10.5 Å². The zero-order valence-corrected chi connectivity index (χ0v) is 22.0. The van der Waals surface area contributed by atoms with E-state index in [1.165, 1.54) is 0 Å². The first-order valence-electron chi connectivity index (χ1n) is 12.3. The lowest BCUT2D eigenvalue weighted by molar-refractivity contribution is -0.142. The highest BCUT2D eigenvalue weighted by Gasteiger charge is 2.32. The predicted molar refractivity (Wildman–Crippen MR) is 146 cm³/mol. The number of hydrazone groups is 1. The average Bonchev–Trinajstić information content (AvgIpc) is 2.86. The number of methoxy groups -OCH3 is 1. The van der Waals surface area contributed by atoms with Crippen LogP contribution in [0, 0.1) is 6.92 Å². The van der Waals surface area contributed by atoms with E-state index in [0.717, 1.165) is 56.3 Å². The van der Waals surface area contributed by atoms with Gasteiger partial charge in [0, 0.05) is 45.8 Å². The monoisotopic (exact) mass is 518 g/mol. The van der Waals surface area contributed by atoms with Gasteiger partial charge < -0.3 is 14.2 Å². The largest absolute Gasteiger partial charge is 0.497 e. The SMILES string of the molecule is CCOC(=O)Cc1cc(C)cc2c1Cc1c(ccc(C3CS(=O)C3)c1NN=Cc1ccc(OC)cc1)O2. The highest BCUT2D eigenvalue weighted by atomic mass is 32.2. The van der Waals surface area contributed by atoms with Crippen molar-refractivity contribution in [1.82, 2.24) is 0 Å². The summed E-state index contributed by atoms with van der Waals surface area (Å²) in [6.07, 6.45) is 2.54. The van der Waals surface area contributed by atoms with Crippen molar-refractivity contribution in [2.24, 2.45) is 5.10 Å². The molecule has 1 saturated heterocycles. The van der Waals surface area contributed by atoms with Crippen LogP contribution in [0.25, 0.3) is 0 Å². The summed E-state index contributed by atoms with van der Waals surface area (Å²) in [6, 6.07) is 15.7. The summed E-state index contributed by atoms with van der Waals surface area (Å²) in [7, 11) is 0.853. The molecule has 0 atom stereocenters. The Morgan fingerprint density at radius 3 is 2.62 bits per heavy atom. The highest BCUT2D eigenvalue weighted by molar-refractivity contribution is 7.86. The number of benzene rings is 3. The number of ether oxygens (including phenoxy) is 3. The zero-order chi connectivity index (χ0) is 25.9. The van der Waals surface area contributed by atoms with Gasteiger partial charge in [0.15, 0.2) is 0 Å². The van der Waals surface area contributed by atoms with Gasteiger partial charge in [0.25, 0.3) is 0 Å². The first-order chi connectivity index (χ1) is 17.9. The van der Waals surface area contributed by atoms with Gasteiger partial charge in [-0.15, -0.1) is 0 Å². The van der Waals surface area contributed by atoms with Crippen LogP contribution in [0.15, 0.2) is 53.6 Å². The van der Waals surface area contributed by atoms with Gasteiger partial charge in [-0.3, -0.25) is 14.4 Å². The Hall–Kier alpha value is -3.65. The molecule has 7 nitrogen and oxygen atoms in total. The molecule has 5 rings (SSSR count). The second-order valence-electron chi connectivity index (χ2n) is 9.28. The molecule has 0 unspecified atom stereocenters. The van der Waals surface area contributed by atoms with Crippen LogP contribution in [0.3, 0.4) is 0 Å². The number of nitrogens with one attached hydrogen (secondary N) is 1. The quantitative estimate of drug-likeness (QED) is 0.199. The minimum Gasteiger partial charge on any atom is -0.497 e. The summed E-state index contributed by atoms with van der Waals surface area (Å²) >= 11 is 0. The average molecular weight is 519 g/mol. The van der Waals surface area contributed by atoms with E-state index < -0.39 is 10.8 Å². The third-order valence-electron chi connectivity index (χ3n) is 6.68. The molecule has 0 aromatic heterocycles. The standard InChI is InChI=1S/C29H30N2O5S/c1-4-35-28(32)13-20-11-18(2)12-27-24(20)14-25-26(36-27)10-9-23(21-16-37(33)17-21)29(25)31-30-15-19-5-7-22(34-3)8-6-19/h5-12,15,21,31H,4,13-14,16-17H2,1-3H3. The van der Waals surface area contributed by atoms with Crippen molar-refractivity contribution in [3.63, 3.8) is 0 Å². The van der Waals surface area contributed by atoms with Crippen molar-refractivity contribution in [2.75, 3.05) is 30.6 Å². The fourth-order valence-corrected chi connectivity index (χ4v) is 5.96. The van der Waals surface area contributed by atoms with Crippen LogP contribution in [-0.2, 0) is 33.2 Å². The molecular weight excluding hydrogens is 488 g/mol. The number of carbonyl (C=O) groups is 1. The van der Waals surface area contributed by atoms with Gasteiger partial charge in [-0.05, 0) is 72.5 Å². The lowest BCUT2D eigenvalue weighted by Crippen LogP contribution is -2.29. The van der Waals surface area contributed by atoms with Crippen molar-refractivity contribution in [3.05, 3.63) is 81.9 Å². The van der Waals surface area contributed by atoms with Gasteiger partial charge in [-0.1, -0.05) is 12.1 Å². The molecule has 0 aliphatic carbocycles. The van der Waals surface area contributed by atoms with E-state index in [0.29, 0.717) is 24.5 Å². The summed E-state index contributed by atoms with van der Waals surface area (Å²) in [5.74, 6) is 3.52. The van der Waals surface area contributed by atoms with Gasteiger partial charge in [-0.25, -0.2) is 0 Å². The summed E-state index contributed by atoms with van der Waals surface area (Å²) in [6.45, 7) is 4.15. The second-order valence-corrected chi connectivity index (χ2v) is 10.8. The predicted octanol–water partition coefficient (Wildman–Crippen LogP) is 5.10. The number of hydrogen-bond donors (Lipinski definition) is 1. The molecule has 0 radical (unpaired) electrons. The molecule has 2 aliphatic rings. The smallest absolute Gasteiger partial charge is 0.310 e. The van der Waals surface area contributed by atoms with Crippen molar-refractivity contribution >= 4 is 28.7 Å². The first-order valence-corrected chi connectivity index (χ1v) is 13.8. The maximum atomic E-state index is 12.3. The number of fused-ring (bicyclic) bond motifs is 2. The van der Waals surface area contributed by atoms with Crippen LogP contribution in [0.5, 0.6) is 17.2 Å². The summed E-state index contributed by atoms with van der Waals surface area (Å²) in [5.41, 5.74) is 10.0. The fourth-order valence-electron chi connectivity index (χ4n) is 4.80. The van der Waals surface area contributed by atoms with Crippen molar-refractivity contribution in [1.29, 1.82) is 0 Å². The molecule has 37 heavy (non-hydrogen) atoms. The lowest BCUT2D eigenvalue weighted by Gasteiger charge is -2.31. The molecule has 2 aliphatic heterocycles. The Morgan fingerprint density at radius 1 is 1.14 bits per heavy atom. The molecule has 0 amide bonds. The molecule has 2 heterocycles. The molecule has 1 N–H and O–H groups in total. The molecule has 3 aromatic rings. The second kappa shape index (κ2) is 10.8. The van der Waals surface area contributed by atoms with Gasteiger partial charge in [0.05, 0.1) is 32.0 Å². The van der Waals surface area contributed by atoms with Crippen LogP contribution in [0.4, 0.5) is 5.69 Å². The Balaban J connectivity index is 1.49. The van der Waals surface area contributed by atoms with Gasteiger partial charge in [-0.2, -0.15) is 5.10 Å². The Bertz CT molecular complexity index is 1380. The van der Waals surface area contributed by atoms with E-state index in [-0.39, 0.29) is 18.3 Å². The normalized spacial score (nSPS) is 17.8. The van der Waals surface area contributed by atoms with E-state index in [4.69, 9.17) is 14.2 Å². The molecular formula is C29H30N2O5S. The third-order valence-corrected chi connectivity index (χ3v) is 8.23. The maximum Gasteiger partial charge on any atom is 0.310 e. The van der Waals surface area contributed by atoms with Gasteiger partial charge >= 0.3 is 5.97 Å². The highest BCUT2D eigenvalue weighted by Crippen LogP contribution is 2.45. The number of aryl methyl sites for hydroxylation is 1. The van der Waals surface area contributed by atoms with Crippen molar-refractivity contribution in [2.45, 2.75) is 32.6 Å². The molecule has 3 aromatic carbocycles. The van der Waals surface area contributed by atoms with Crippen molar-refractivity contribution < 1.29 is 23.2 Å². The van der Waals surface area contributed by atoms with Gasteiger partial charge in [0.2, 0.25) is 0 Å². The lowest BCUT2D eigenvalue weighted by atomic mass is 9.89. The number of rotatable bonds is 8. The first kappa shape index (κ1) is 25.0. The summed E-state index contributed by atoms with van der Waals surface area (Å²) in [4.78, 5) is 12.3. The molecule has 0 bridgehead atoms. The number of carbonyl (C=O) groups excluding carboxylic acids is 1. The van der Waals surface area contributed by atoms with Crippen molar-refractivity contribution in [3.8, 4) is 17.2 Å². The van der Waals surface area contributed by atoms with E-state index in [1.807, 2.05) is 62.4 Å². The molecule has 192 valence electrons. The Morgan fingerprint density at radius 2 is 1.92 bits per heavy atom. The number of esters is 1. The molecule has 8 heteroatoms. The molecule has 0 spiro atoms. The van der Waals surface area contributed by atoms with E-state index in [9.17, 15) is 9.00 Å². The Kier molecular flexibility index (Phi) is 7.28. The molecule has 0 saturated carbocycles. The third kappa shape index (κ3) is 5.39. The topological polar surface area (TPSA) is 86.2 Å².